The fourth-order valence-corrected chi connectivity index (χ4v) is 1.18. The summed E-state index contributed by atoms with van der Waals surface area (Å²) in [5, 5.41) is 9.56. The van der Waals surface area contributed by atoms with Gasteiger partial charge in [0.15, 0.2) is 0 Å². The summed E-state index contributed by atoms with van der Waals surface area (Å²) in [5.74, 6) is 0.576. The van der Waals surface area contributed by atoms with Gasteiger partial charge in [0.25, 0.3) is 0 Å². The number of aromatic amines is 1. The van der Waals surface area contributed by atoms with Gasteiger partial charge >= 0.3 is 0 Å². The first-order chi connectivity index (χ1) is 7.20. The van der Waals surface area contributed by atoms with Crippen LogP contribution in [0.3, 0.4) is 0 Å². The van der Waals surface area contributed by atoms with Crippen molar-refractivity contribution in [3.8, 4) is 0 Å². The van der Waals surface area contributed by atoms with Gasteiger partial charge < -0.3 is 16.8 Å². The van der Waals surface area contributed by atoms with Crippen molar-refractivity contribution in [1.29, 1.82) is 0 Å². The first-order valence-corrected chi connectivity index (χ1v) is 4.58. The Morgan fingerprint density at radius 3 is 2.53 bits per heavy atom. The van der Waals surface area contributed by atoms with Crippen LogP contribution in [-0.4, -0.2) is 24.3 Å². The molecule has 5 heteroatoms. The monoisotopic (exact) mass is 209 g/mol. The summed E-state index contributed by atoms with van der Waals surface area (Å²) in [6.45, 7) is 5.67. The second-order valence-electron chi connectivity index (χ2n) is 2.69. The van der Waals surface area contributed by atoms with Crippen LogP contribution in [0, 0.1) is 0 Å². The first-order valence-electron chi connectivity index (χ1n) is 4.58. The van der Waals surface area contributed by atoms with Gasteiger partial charge in [0.05, 0.1) is 6.20 Å². The van der Waals surface area contributed by atoms with E-state index < -0.39 is 0 Å². The largest absolute Gasteiger partial charge is 0.388 e. The van der Waals surface area contributed by atoms with Gasteiger partial charge in [-0.25, -0.2) is 0 Å². The lowest BCUT2D eigenvalue weighted by Crippen LogP contribution is -2.05. The zero-order valence-electron chi connectivity index (χ0n) is 9.46. The Hall–Kier alpha value is -1.75. The Labute approximate surface area is 90.2 Å². The topological polar surface area (TPSA) is 92.8 Å². The predicted molar refractivity (Wildman–Crippen MR) is 65.0 cm³/mol. The number of rotatable bonds is 3. The minimum atomic E-state index is 0.576. The van der Waals surface area contributed by atoms with Crippen molar-refractivity contribution in [3.05, 3.63) is 30.1 Å². The maximum atomic E-state index is 5.67. The van der Waals surface area contributed by atoms with E-state index >= 15 is 0 Å². The maximum Gasteiger partial charge on any atom is 0.126 e. The third-order valence-corrected chi connectivity index (χ3v) is 1.95. The number of likely N-dealkylation sites (N-methyl/N-ethyl adjacent to an activating group) is 1. The van der Waals surface area contributed by atoms with E-state index in [1.807, 2.05) is 14.0 Å². The molecular formula is C10H19N5. The first kappa shape index (κ1) is 13.2. The van der Waals surface area contributed by atoms with Crippen LogP contribution in [0.5, 0.6) is 0 Å². The number of nitrogens with zero attached hydrogens (tertiary/aromatic N) is 1. The molecule has 6 N–H and O–H groups in total. The zero-order valence-corrected chi connectivity index (χ0v) is 9.46. The Morgan fingerprint density at radius 1 is 1.60 bits per heavy atom. The van der Waals surface area contributed by atoms with Crippen molar-refractivity contribution in [2.24, 2.45) is 5.73 Å². The van der Waals surface area contributed by atoms with Crippen LogP contribution in [0.1, 0.15) is 12.5 Å². The molecule has 0 aliphatic rings. The fraction of sp³-hybridized carbons (Fsp3) is 0.300. The Morgan fingerprint density at radius 2 is 2.20 bits per heavy atom. The molecule has 0 bridgehead atoms. The van der Waals surface area contributed by atoms with Gasteiger partial charge in [-0.1, -0.05) is 6.58 Å². The van der Waals surface area contributed by atoms with E-state index in [4.69, 9.17) is 5.73 Å². The van der Waals surface area contributed by atoms with Crippen LogP contribution in [0.4, 0.5) is 5.82 Å². The predicted octanol–water partition coefficient (Wildman–Crippen LogP) is 0.703. The summed E-state index contributed by atoms with van der Waals surface area (Å²) in [4.78, 5) is 0. The van der Waals surface area contributed by atoms with E-state index in [0.29, 0.717) is 5.82 Å². The molecule has 1 rings (SSSR count). The van der Waals surface area contributed by atoms with Gasteiger partial charge in [0.2, 0.25) is 0 Å². The van der Waals surface area contributed by atoms with Gasteiger partial charge in [-0.2, -0.15) is 5.10 Å². The lowest BCUT2D eigenvalue weighted by Gasteiger charge is -2.06. The molecule has 0 amide bonds. The molecule has 84 valence electrons. The van der Waals surface area contributed by atoms with E-state index in [2.05, 4.69) is 27.8 Å². The highest BCUT2D eigenvalue weighted by Crippen LogP contribution is 2.20. The number of allylic oxidation sites excluding steroid dienone is 2. The molecule has 0 fully saturated rings. The molecule has 1 aromatic rings. The summed E-state index contributed by atoms with van der Waals surface area (Å²) < 4.78 is 0. The van der Waals surface area contributed by atoms with Crippen molar-refractivity contribution in [3.63, 3.8) is 0 Å². The smallest absolute Gasteiger partial charge is 0.126 e. The molecule has 0 radical (unpaired) electrons. The van der Waals surface area contributed by atoms with Crippen LogP contribution in [0.2, 0.25) is 0 Å². The Balaban J connectivity index is 0.000000921. The van der Waals surface area contributed by atoms with Crippen LogP contribution < -0.4 is 16.8 Å². The second-order valence-corrected chi connectivity index (χ2v) is 2.69. The quantitative estimate of drug-likeness (QED) is 0.551. The minimum Gasteiger partial charge on any atom is -0.388 e. The number of nitrogens with two attached hydrogens (primary N) is 2. The minimum absolute atomic E-state index is 0.576. The molecule has 0 aliphatic carbocycles. The maximum absolute atomic E-state index is 5.67. The second kappa shape index (κ2) is 6.67. The molecule has 0 saturated heterocycles. The number of hydrogen-bond donors (Lipinski definition) is 4. The van der Waals surface area contributed by atoms with Gasteiger partial charge in [-0.3, -0.25) is 5.10 Å². The third-order valence-electron chi connectivity index (χ3n) is 1.95. The number of nitrogens with one attached hydrogen (secondary N) is 2. The SMILES string of the molecule is C=C/C(NC)=C(\C)c1cn[nH]c1N.CN. The molecule has 5 nitrogen and oxygen atoms in total. The Bertz CT molecular complexity index is 337. The van der Waals surface area contributed by atoms with Crippen molar-refractivity contribution in [2.45, 2.75) is 6.92 Å². The highest BCUT2D eigenvalue weighted by molar-refractivity contribution is 5.74. The van der Waals surface area contributed by atoms with Gasteiger partial charge in [0, 0.05) is 18.3 Å². The Kier molecular flexibility index (Phi) is 5.89. The summed E-state index contributed by atoms with van der Waals surface area (Å²) in [5.41, 5.74) is 13.1. The van der Waals surface area contributed by atoms with Gasteiger partial charge in [-0.05, 0) is 25.6 Å². The van der Waals surface area contributed by atoms with Crippen molar-refractivity contribution >= 4 is 11.4 Å². The summed E-state index contributed by atoms with van der Waals surface area (Å²) in [6, 6.07) is 0. The van der Waals surface area contributed by atoms with Crippen LogP contribution in [0.15, 0.2) is 24.5 Å². The number of aromatic nitrogens is 2. The standard InChI is InChI=1S/C9H14N4.CH5N/c1-4-8(11-3)6(2)7-5-12-13-9(7)10;1-2/h4-5,11H,1H2,2-3H3,(H3,10,12,13);2H2,1H3/b8-6-;. The molecule has 0 spiro atoms. The van der Waals surface area contributed by atoms with Crippen molar-refractivity contribution in [1.82, 2.24) is 15.5 Å². The van der Waals surface area contributed by atoms with E-state index in [-0.39, 0.29) is 0 Å². The number of anilines is 1. The summed E-state index contributed by atoms with van der Waals surface area (Å²) in [7, 11) is 3.34. The summed E-state index contributed by atoms with van der Waals surface area (Å²) >= 11 is 0. The highest BCUT2D eigenvalue weighted by Gasteiger charge is 2.05. The van der Waals surface area contributed by atoms with Crippen molar-refractivity contribution in [2.75, 3.05) is 19.8 Å². The molecule has 1 aromatic heterocycles. The molecule has 0 aromatic carbocycles. The normalized spacial score (nSPS) is 10.9. The number of H-pyrrole nitrogens is 1. The van der Waals surface area contributed by atoms with Gasteiger partial charge in [-0.15, -0.1) is 0 Å². The average Bonchev–Trinajstić information content (AvgIpc) is 2.69. The summed E-state index contributed by atoms with van der Waals surface area (Å²) in [6.07, 6.45) is 3.45. The van der Waals surface area contributed by atoms with Crippen LogP contribution in [0.25, 0.3) is 5.57 Å². The molecule has 0 atom stereocenters. The van der Waals surface area contributed by atoms with Gasteiger partial charge in [0.1, 0.15) is 5.82 Å². The lowest BCUT2D eigenvalue weighted by molar-refractivity contribution is 1.03. The van der Waals surface area contributed by atoms with Crippen LogP contribution in [-0.2, 0) is 0 Å². The fourth-order valence-electron chi connectivity index (χ4n) is 1.18. The van der Waals surface area contributed by atoms with E-state index in [9.17, 15) is 0 Å². The third kappa shape index (κ3) is 3.14. The number of hydrogen-bond acceptors (Lipinski definition) is 4. The zero-order chi connectivity index (χ0) is 11.8. The van der Waals surface area contributed by atoms with Crippen molar-refractivity contribution < 1.29 is 0 Å². The average molecular weight is 209 g/mol. The van der Waals surface area contributed by atoms with E-state index in [1.54, 1.807) is 12.3 Å². The van der Waals surface area contributed by atoms with E-state index in [1.165, 1.54) is 7.05 Å². The van der Waals surface area contributed by atoms with Crippen LogP contribution >= 0.6 is 0 Å². The molecule has 0 saturated carbocycles. The highest BCUT2D eigenvalue weighted by atomic mass is 15.1. The molecule has 0 aliphatic heterocycles. The lowest BCUT2D eigenvalue weighted by atomic mass is 10.1. The molecule has 1 heterocycles. The van der Waals surface area contributed by atoms with E-state index in [0.717, 1.165) is 16.8 Å². The molecule has 0 unspecified atom stereocenters. The number of nitrogen functional groups attached to an aromatic ring is 1. The molecule has 15 heavy (non-hydrogen) atoms. The molecular weight excluding hydrogens is 190 g/mol.